The second-order valence-corrected chi connectivity index (χ2v) is 8.38. The van der Waals surface area contributed by atoms with Crippen LogP contribution in [0.4, 0.5) is 0 Å². The van der Waals surface area contributed by atoms with Crippen LogP contribution in [0.15, 0.2) is 17.5 Å². The van der Waals surface area contributed by atoms with Crippen molar-refractivity contribution in [1.82, 2.24) is 15.2 Å². The molecule has 0 radical (unpaired) electrons. The van der Waals surface area contributed by atoms with Crippen LogP contribution < -0.4 is 5.32 Å². The molecule has 2 aromatic rings. The molecule has 0 aliphatic carbocycles. The topological polar surface area (TPSA) is 28.2 Å². The van der Waals surface area contributed by atoms with Crippen molar-refractivity contribution in [3.63, 3.8) is 0 Å². The highest BCUT2D eigenvalue weighted by atomic mass is 35.5. The van der Waals surface area contributed by atoms with Gasteiger partial charge in [0.1, 0.15) is 5.01 Å². The van der Waals surface area contributed by atoms with Crippen LogP contribution in [-0.2, 0) is 19.6 Å². The zero-order valence-electron chi connectivity index (χ0n) is 12.7. The first-order chi connectivity index (χ1) is 10.0. The molecule has 6 heteroatoms. The minimum Gasteiger partial charge on any atom is -0.310 e. The molecule has 0 amide bonds. The summed E-state index contributed by atoms with van der Waals surface area (Å²) in [5.74, 6) is 0.674. The normalized spacial score (nSPS) is 11.7. The van der Waals surface area contributed by atoms with Crippen LogP contribution in [0.3, 0.4) is 0 Å². The molecule has 2 heterocycles. The number of thiazole rings is 1. The Balaban J connectivity index is 1.78. The van der Waals surface area contributed by atoms with E-state index in [1.807, 2.05) is 6.07 Å². The van der Waals surface area contributed by atoms with Gasteiger partial charge in [-0.1, -0.05) is 25.4 Å². The van der Waals surface area contributed by atoms with Crippen LogP contribution >= 0.6 is 34.3 Å². The molecule has 0 saturated heterocycles. The minimum absolute atomic E-state index is 0.674. The van der Waals surface area contributed by atoms with E-state index in [2.05, 4.69) is 47.5 Å². The first-order valence-electron chi connectivity index (χ1n) is 7.09. The summed E-state index contributed by atoms with van der Waals surface area (Å²) in [5.41, 5.74) is 1.14. The maximum absolute atomic E-state index is 5.96. The van der Waals surface area contributed by atoms with Crippen molar-refractivity contribution >= 4 is 34.3 Å². The Bertz CT molecular complexity index is 551. The molecular formula is C15H22ClN3S2. The fraction of sp³-hybridized carbons (Fsp3) is 0.533. The molecule has 0 saturated carbocycles. The quantitative estimate of drug-likeness (QED) is 0.777. The number of nitrogens with one attached hydrogen (secondary N) is 1. The molecule has 21 heavy (non-hydrogen) atoms. The third kappa shape index (κ3) is 6.04. The van der Waals surface area contributed by atoms with Gasteiger partial charge in [0.15, 0.2) is 0 Å². The van der Waals surface area contributed by atoms with Gasteiger partial charge in [-0.3, -0.25) is 4.90 Å². The molecule has 1 N–H and O–H groups in total. The number of hydrogen-bond donors (Lipinski definition) is 1. The van der Waals surface area contributed by atoms with Crippen LogP contribution in [-0.4, -0.2) is 23.5 Å². The van der Waals surface area contributed by atoms with E-state index in [1.54, 1.807) is 22.7 Å². The molecule has 0 atom stereocenters. The van der Waals surface area contributed by atoms with Crippen molar-refractivity contribution in [2.45, 2.75) is 33.5 Å². The fourth-order valence-electron chi connectivity index (χ4n) is 2.01. The molecule has 0 spiro atoms. The summed E-state index contributed by atoms with van der Waals surface area (Å²) in [6.07, 6.45) is 0. The zero-order chi connectivity index (χ0) is 15.2. The molecule has 0 aliphatic heterocycles. The van der Waals surface area contributed by atoms with E-state index in [0.29, 0.717) is 5.92 Å². The SMILES string of the molecule is CC(C)CNCc1nc(CN(C)Cc2ccc(Cl)s2)cs1. The second kappa shape index (κ2) is 8.25. The van der Waals surface area contributed by atoms with E-state index >= 15 is 0 Å². The maximum atomic E-state index is 5.96. The third-order valence-corrected chi connectivity index (χ3v) is 5.03. The monoisotopic (exact) mass is 343 g/mol. The number of rotatable bonds is 8. The van der Waals surface area contributed by atoms with E-state index in [4.69, 9.17) is 11.6 Å². The number of nitrogens with zero attached hydrogens (tertiary/aromatic N) is 2. The number of aromatic nitrogens is 1. The Kier molecular flexibility index (Phi) is 6.64. The number of halogens is 1. The average molecular weight is 344 g/mol. The maximum Gasteiger partial charge on any atom is 0.107 e. The van der Waals surface area contributed by atoms with Gasteiger partial charge in [0, 0.05) is 29.9 Å². The van der Waals surface area contributed by atoms with E-state index < -0.39 is 0 Å². The number of hydrogen-bond acceptors (Lipinski definition) is 5. The Morgan fingerprint density at radius 2 is 2.14 bits per heavy atom. The smallest absolute Gasteiger partial charge is 0.107 e. The summed E-state index contributed by atoms with van der Waals surface area (Å²) in [7, 11) is 2.11. The van der Waals surface area contributed by atoms with E-state index in [1.165, 1.54) is 9.88 Å². The fourth-order valence-corrected chi connectivity index (χ4v) is 3.93. The minimum atomic E-state index is 0.674. The molecular weight excluding hydrogens is 322 g/mol. The van der Waals surface area contributed by atoms with Gasteiger partial charge in [0.05, 0.1) is 10.0 Å². The van der Waals surface area contributed by atoms with E-state index in [0.717, 1.165) is 36.2 Å². The van der Waals surface area contributed by atoms with Crippen LogP contribution in [0, 0.1) is 5.92 Å². The lowest BCUT2D eigenvalue weighted by Crippen LogP contribution is -2.19. The highest BCUT2D eigenvalue weighted by molar-refractivity contribution is 7.16. The van der Waals surface area contributed by atoms with Crippen LogP contribution in [0.1, 0.15) is 29.4 Å². The Labute approximate surface area is 140 Å². The molecule has 2 aromatic heterocycles. The zero-order valence-corrected chi connectivity index (χ0v) is 15.1. The predicted molar refractivity (Wildman–Crippen MR) is 93.2 cm³/mol. The number of thiophene rings is 1. The lowest BCUT2D eigenvalue weighted by Gasteiger charge is -2.13. The van der Waals surface area contributed by atoms with Crippen molar-refractivity contribution < 1.29 is 0 Å². The summed E-state index contributed by atoms with van der Waals surface area (Å²) < 4.78 is 0.852. The van der Waals surface area contributed by atoms with Crippen molar-refractivity contribution in [1.29, 1.82) is 0 Å². The van der Waals surface area contributed by atoms with Crippen LogP contribution in [0.2, 0.25) is 4.34 Å². The second-order valence-electron chi connectivity index (χ2n) is 5.64. The van der Waals surface area contributed by atoms with Gasteiger partial charge >= 0.3 is 0 Å². The standard InChI is InChI=1S/C15H22ClN3S2/c1-11(2)6-17-7-15-18-12(10-20-15)8-19(3)9-13-4-5-14(16)21-13/h4-5,10-11,17H,6-9H2,1-3H3. The first-order valence-corrected chi connectivity index (χ1v) is 9.17. The Morgan fingerprint density at radius 3 is 2.81 bits per heavy atom. The van der Waals surface area contributed by atoms with E-state index in [9.17, 15) is 0 Å². The summed E-state index contributed by atoms with van der Waals surface area (Å²) in [6, 6.07) is 4.04. The molecule has 0 bridgehead atoms. The van der Waals surface area contributed by atoms with Crippen molar-refractivity contribution in [3.05, 3.63) is 37.4 Å². The molecule has 0 fully saturated rings. The van der Waals surface area contributed by atoms with Gasteiger partial charge in [0.25, 0.3) is 0 Å². The molecule has 116 valence electrons. The first kappa shape index (κ1) is 16.9. The van der Waals surface area contributed by atoms with Gasteiger partial charge in [0.2, 0.25) is 0 Å². The van der Waals surface area contributed by atoms with Crippen molar-refractivity contribution in [2.24, 2.45) is 5.92 Å². The lowest BCUT2D eigenvalue weighted by atomic mass is 10.2. The van der Waals surface area contributed by atoms with Gasteiger partial charge in [-0.25, -0.2) is 4.98 Å². The summed E-state index contributed by atoms with van der Waals surface area (Å²) in [6.45, 7) is 8.12. The Morgan fingerprint density at radius 1 is 1.33 bits per heavy atom. The Hall–Kier alpha value is -0.460. The van der Waals surface area contributed by atoms with Crippen LogP contribution in [0.5, 0.6) is 0 Å². The van der Waals surface area contributed by atoms with Gasteiger partial charge < -0.3 is 5.32 Å². The van der Waals surface area contributed by atoms with Crippen LogP contribution in [0.25, 0.3) is 0 Å². The summed E-state index contributed by atoms with van der Waals surface area (Å²) in [4.78, 5) is 8.24. The molecule has 0 aromatic carbocycles. The molecule has 2 rings (SSSR count). The molecule has 3 nitrogen and oxygen atoms in total. The average Bonchev–Trinajstić information content (AvgIpc) is 2.98. The summed E-state index contributed by atoms with van der Waals surface area (Å²) >= 11 is 9.34. The summed E-state index contributed by atoms with van der Waals surface area (Å²) in [5, 5.41) is 6.75. The molecule has 0 aliphatic rings. The lowest BCUT2D eigenvalue weighted by molar-refractivity contribution is 0.318. The third-order valence-electron chi connectivity index (χ3n) is 2.91. The van der Waals surface area contributed by atoms with E-state index in [-0.39, 0.29) is 0 Å². The van der Waals surface area contributed by atoms with Crippen molar-refractivity contribution in [3.8, 4) is 0 Å². The van der Waals surface area contributed by atoms with Gasteiger partial charge in [-0.2, -0.15) is 0 Å². The predicted octanol–water partition coefficient (Wildman–Crippen LogP) is 4.24. The van der Waals surface area contributed by atoms with Gasteiger partial charge in [-0.15, -0.1) is 22.7 Å². The largest absolute Gasteiger partial charge is 0.310 e. The highest BCUT2D eigenvalue weighted by Crippen LogP contribution is 2.23. The highest BCUT2D eigenvalue weighted by Gasteiger charge is 2.07. The molecule has 0 unspecified atom stereocenters. The van der Waals surface area contributed by atoms with Crippen molar-refractivity contribution in [2.75, 3.05) is 13.6 Å². The van der Waals surface area contributed by atoms with Gasteiger partial charge in [-0.05, 0) is 31.6 Å².